The standard InChI is InChI=1S/C22H19N5/c1-2-11-19-16(6-1)9-5-15-27(19)22-24-14-12-20(26-22)25-18-10-3-7-17-8-4-13-23-21(17)18/h1-4,6-8,10-14H,5,9,15H2,(H,24,25,26). The topological polar surface area (TPSA) is 53.9 Å². The molecular weight excluding hydrogens is 334 g/mol. The van der Waals surface area contributed by atoms with Crippen LogP contribution in [-0.4, -0.2) is 21.5 Å². The van der Waals surface area contributed by atoms with E-state index in [1.54, 1.807) is 6.20 Å². The van der Waals surface area contributed by atoms with Crippen LogP contribution in [0.5, 0.6) is 0 Å². The first kappa shape index (κ1) is 15.8. The Morgan fingerprint density at radius 2 is 1.78 bits per heavy atom. The van der Waals surface area contributed by atoms with Crippen LogP contribution in [0.1, 0.15) is 12.0 Å². The zero-order valence-corrected chi connectivity index (χ0v) is 14.8. The van der Waals surface area contributed by atoms with E-state index in [9.17, 15) is 0 Å². The lowest BCUT2D eigenvalue weighted by Gasteiger charge is -2.29. The minimum Gasteiger partial charge on any atom is -0.338 e. The summed E-state index contributed by atoms with van der Waals surface area (Å²) >= 11 is 0. The van der Waals surface area contributed by atoms with Gasteiger partial charge >= 0.3 is 0 Å². The number of aromatic nitrogens is 3. The van der Waals surface area contributed by atoms with Crippen molar-refractivity contribution < 1.29 is 0 Å². The van der Waals surface area contributed by atoms with Crippen LogP contribution in [-0.2, 0) is 6.42 Å². The molecule has 5 heteroatoms. The van der Waals surface area contributed by atoms with Crippen molar-refractivity contribution in [3.63, 3.8) is 0 Å². The minimum atomic E-state index is 0.723. The first-order valence-electron chi connectivity index (χ1n) is 9.18. The summed E-state index contributed by atoms with van der Waals surface area (Å²) in [5, 5.41) is 4.51. The minimum absolute atomic E-state index is 0.723. The van der Waals surface area contributed by atoms with Gasteiger partial charge in [0.25, 0.3) is 0 Å². The average molecular weight is 353 g/mol. The van der Waals surface area contributed by atoms with Gasteiger partial charge in [-0.05, 0) is 42.7 Å². The molecular formula is C22H19N5. The SMILES string of the molecule is c1ccc2c(c1)CCCN2c1nccc(Nc2cccc3cccnc23)n1. The Labute approximate surface area is 157 Å². The highest BCUT2D eigenvalue weighted by Crippen LogP contribution is 2.32. The Kier molecular flexibility index (Phi) is 3.90. The maximum Gasteiger partial charge on any atom is 0.231 e. The van der Waals surface area contributed by atoms with Crippen molar-refractivity contribution in [2.24, 2.45) is 0 Å². The summed E-state index contributed by atoms with van der Waals surface area (Å²) in [5.41, 5.74) is 4.43. The zero-order chi connectivity index (χ0) is 18.1. The van der Waals surface area contributed by atoms with Crippen LogP contribution < -0.4 is 10.2 Å². The highest BCUT2D eigenvalue weighted by atomic mass is 15.3. The number of nitrogens with one attached hydrogen (secondary N) is 1. The Hall–Kier alpha value is -3.47. The van der Waals surface area contributed by atoms with Gasteiger partial charge in [-0.15, -0.1) is 0 Å². The van der Waals surface area contributed by atoms with Gasteiger partial charge in [-0.25, -0.2) is 4.98 Å². The van der Waals surface area contributed by atoms with Crippen molar-refractivity contribution in [3.05, 3.63) is 78.6 Å². The number of anilines is 4. The van der Waals surface area contributed by atoms with Crippen LogP contribution in [0.25, 0.3) is 10.9 Å². The quantitative estimate of drug-likeness (QED) is 0.570. The number of nitrogens with zero attached hydrogens (tertiary/aromatic N) is 4. The number of fused-ring (bicyclic) bond motifs is 2. The molecule has 0 saturated heterocycles. The molecule has 2 aromatic heterocycles. The summed E-state index contributed by atoms with van der Waals surface area (Å²) in [4.78, 5) is 16.0. The van der Waals surface area contributed by atoms with Crippen LogP contribution in [0.2, 0.25) is 0 Å². The fourth-order valence-electron chi connectivity index (χ4n) is 3.63. The van der Waals surface area contributed by atoms with Gasteiger partial charge in [0.1, 0.15) is 5.82 Å². The largest absolute Gasteiger partial charge is 0.338 e. The van der Waals surface area contributed by atoms with E-state index in [1.807, 2.05) is 30.5 Å². The van der Waals surface area contributed by atoms with Gasteiger partial charge in [-0.2, -0.15) is 4.98 Å². The molecule has 1 aliphatic heterocycles. The van der Waals surface area contributed by atoms with Crippen molar-refractivity contribution in [2.75, 3.05) is 16.8 Å². The highest BCUT2D eigenvalue weighted by molar-refractivity contribution is 5.91. The van der Waals surface area contributed by atoms with Gasteiger partial charge in [0, 0.05) is 30.0 Å². The van der Waals surface area contributed by atoms with E-state index in [4.69, 9.17) is 4.98 Å². The van der Waals surface area contributed by atoms with E-state index >= 15 is 0 Å². The van der Waals surface area contributed by atoms with Crippen molar-refractivity contribution in [2.45, 2.75) is 12.8 Å². The van der Waals surface area contributed by atoms with Gasteiger partial charge in [-0.1, -0.05) is 36.4 Å². The van der Waals surface area contributed by atoms with Crippen molar-refractivity contribution in [3.8, 4) is 0 Å². The van der Waals surface area contributed by atoms with E-state index in [1.165, 1.54) is 11.3 Å². The van der Waals surface area contributed by atoms with Crippen LogP contribution in [0, 0.1) is 0 Å². The van der Waals surface area contributed by atoms with Crippen molar-refractivity contribution in [1.29, 1.82) is 0 Å². The molecule has 0 spiro atoms. The van der Waals surface area contributed by atoms with Crippen LogP contribution >= 0.6 is 0 Å². The molecule has 132 valence electrons. The number of aryl methyl sites for hydroxylation is 1. The first-order valence-corrected chi connectivity index (χ1v) is 9.18. The molecule has 0 amide bonds. The van der Waals surface area contributed by atoms with E-state index < -0.39 is 0 Å². The van der Waals surface area contributed by atoms with Crippen LogP contribution in [0.15, 0.2) is 73.1 Å². The summed E-state index contributed by atoms with van der Waals surface area (Å²) in [6.45, 7) is 0.927. The second-order valence-corrected chi connectivity index (χ2v) is 6.63. The summed E-state index contributed by atoms with van der Waals surface area (Å²) < 4.78 is 0. The number of pyridine rings is 1. The lowest BCUT2D eigenvalue weighted by molar-refractivity contribution is 0.751. The second-order valence-electron chi connectivity index (χ2n) is 6.63. The number of hydrogen-bond donors (Lipinski definition) is 1. The molecule has 0 fully saturated rings. The molecule has 0 unspecified atom stereocenters. The van der Waals surface area contributed by atoms with Gasteiger partial charge in [-0.3, -0.25) is 4.98 Å². The third kappa shape index (κ3) is 2.97. The van der Waals surface area contributed by atoms with Crippen molar-refractivity contribution in [1.82, 2.24) is 15.0 Å². The van der Waals surface area contributed by atoms with Crippen LogP contribution in [0.4, 0.5) is 23.1 Å². The summed E-state index contributed by atoms with van der Waals surface area (Å²) in [7, 11) is 0. The smallest absolute Gasteiger partial charge is 0.231 e. The number of hydrogen-bond acceptors (Lipinski definition) is 5. The molecule has 4 aromatic rings. The molecule has 5 nitrogen and oxygen atoms in total. The second kappa shape index (κ2) is 6.68. The lowest BCUT2D eigenvalue weighted by Crippen LogP contribution is -2.26. The molecule has 1 N–H and O–H groups in total. The zero-order valence-electron chi connectivity index (χ0n) is 14.8. The molecule has 2 aromatic carbocycles. The first-order chi connectivity index (χ1) is 13.4. The molecule has 0 bridgehead atoms. The third-order valence-electron chi connectivity index (χ3n) is 4.89. The van der Waals surface area contributed by atoms with Crippen LogP contribution in [0.3, 0.4) is 0 Å². The van der Waals surface area contributed by atoms with Crippen molar-refractivity contribution >= 4 is 34.0 Å². The lowest BCUT2D eigenvalue weighted by atomic mass is 10.0. The van der Waals surface area contributed by atoms with E-state index in [0.717, 1.165) is 47.7 Å². The Bertz CT molecular complexity index is 1100. The monoisotopic (exact) mass is 353 g/mol. The predicted octanol–water partition coefficient (Wildman–Crippen LogP) is 4.85. The van der Waals surface area contributed by atoms with Gasteiger partial charge in [0.05, 0.1) is 11.2 Å². The molecule has 0 saturated carbocycles. The van der Waals surface area contributed by atoms with E-state index in [0.29, 0.717) is 0 Å². The van der Waals surface area contributed by atoms with E-state index in [-0.39, 0.29) is 0 Å². The normalized spacial score (nSPS) is 13.4. The summed E-state index contributed by atoms with van der Waals surface area (Å²) in [6.07, 6.45) is 5.82. The predicted molar refractivity (Wildman–Crippen MR) is 109 cm³/mol. The third-order valence-corrected chi connectivity index (χ3v) is 4.89. The fourth-order valence-corrected chi connectivity index (χ4v) is 3.63. The van der Waals surface area contributed by atoms with E-state index in [2.05, 4.69) is 56.6 Å². The number of benzene rings is 2. The highest BCUT2D eigenvalue weighted by Gasteiger charge is 2.20. The Morgan fingerprint density at radius 1 is 0.852 bits per heavy atom. The molecule has 5 rings (SSSR count). The Balaban J connectivity index is 1.50. The van der Waals surface area contributed by atoms with Gasteiger partial charge in [0.15, 0.2) is 0 Å². The van der Waals surface area contributed by atoms with Gasteiger partial charge in [0.2, 0.25) is 5.95 Å². The van der Waals surface area contributed by atoms with Gasteiger partial charge < -0.3 is 10.2 Å². The fraction of sp³-hybridized carbons (Fsp3) is 0.136. The maximum absolute atomic E-state index is 4.77. The molecule has 1 aliphatic rings. The number of rotatable bonds is 3. The molecule has 0 aliphatic carbocycles. The maximum atomic E-state index is 4.77. The molecule has 27 heavy (non-hydrogen) atoms. The Morgan fingerprint density at radius 3 is 2.78 bits per heavy atom. The summed E-state index contributed by atoms with van der Waals surface area (Å²) in [5.74, 6) is 1.49. The molecule has 3 heterocycles. The molecule has 0 radical (unpaired) electrons. The molecule has 0 atom stereocenters. The average Bonchev–Trinajstić information content (AvgIpc) is 2.74. The summed E-state index contributed by atoms with van der Waals surface area (Å²) in [6, 6.07) is 20.5. The number of para-hydroxylation sites is 2.